The van der Waals surface area contributed by atoms with E-state index in [1.54, 1.807) is 54.6 Å². The van der Waals surface area contributed by atoms with Gasteiger partial charge in [-0.1, -0.05) is 30.3 Å². The molecule has 2 aromatic carbocycles. The molecule has 1 aliphatic rings. The Bertz CT molecular complexity index is 933. The zero-order valence-electron chi connectivity index (χ0n) is 13.7. The van der Waals surface area contributed by atoms with E-state index in [1.165, 1.54) is 12.0 Å². The van der Waals surface area contributed by atoms with Gasteiger partial charge in [-0.2, -0.15) is 0 Å². The summed E-state index contributed by atoms with van der Waals surface area (Å²) in [6.45, 7) is 0. The monoisotopic (exact) mass is 359 g/mol. The molecule has 1 amide bonds. The minimum Gasteiger partial charge on any atom is -0.502 e. The summed E-state index contributed by atoms with van der Waals surface area (Å²) >= 11 is 0. The Kier molecular flexibility index (Phi) is 4.26. The highest BCUT2D eigenvalue weighted by atomic mass is 32.2. The lowest BCUT2D eigenvalue weighted by molar-refractivity contribution is -0.117. The van der Waals surface area contributed by atoms with Crippen LogP contribution in [0.2, 0.25) is 0 Å². The summed E-state index contributed by atoms with van der Waals surface area (Å²) < 4.78 is 29.6. The number of hydrogen-bond acceptors (Lipinski definition) is 5. The van der Waals surface area contributed by atoms with Gasteiger partial charge < -0.3 is 9.84 Å². The number of aliphatic hydroxyl groups is 1. The highest BCUT2D eigenvalue weighted by molar-refractivity contribution is 7.94. The van der Waals surface area contributed by atoms with E-state index in [2.05, 4.69) is 0 Å². The fraction of sp³-hybridized carbons (Fsp3) is 0.167. The molecule has 3 rings (SSSR count). The van der Waals surface area contributed by atoms with Gasteiger partial charge in [-0.05, 0) is 29.8 Å². The molecular weight excluding hydrogens is 342 g/mol. The molecule has 0 aliphatic carbocycles. The lowest BCUT2D eigenvalue weighted by Gasteiger charge is -2.26. The van der Waals surface area contributed by atoms with Crippen LogP contribution in [0.25, 0.3) is 0 Å². The van der Waals surface area contributed by atoms with Crippen molar-refractivity contribution >= 4 is 21.4 Å². The van der Waals surface area contributed by atoms with Gasteiger partial charge >= 0.3 is 0 Å². The third-order valence-corrected chi connectivity index (χ3v) is 5.24. The maximum Gasteiger partial charge on any atom is 0.295 e. The third kappa shape index (κ3) is 2.98. The molecule has 0 fully saturated rings. The second-order valence-electron chi connectivity index (χ2n) is 5.67. The summed E-state index contributed by atoms with van der Waals surface area (Å²) in [7, 11) is -2.28. The Labute approximate surface area is 145 Å². The van der Waals surface area contributed by atoms with Gasteiger partial charge in [0.1, 0.15) is 16.7 Å². The van der Waals surface area contributed by atoms with Gasteiger partial charge in [-0.3, -0.25) is 9.69 Å². The Morgan fingerprint density at radius 3 is 2.16 bits per heavy atom. The molecule has 25 heavy (non-hydrogen) atoms. The molecule has 6 nitrogen and oxygen atoms in total. The van der Waals surface area contributed by atoms with Crippen molar-refractivity contribution in [3.63, 3.8) is 0 Å². The van der Waals surface area contributed by atoms with Crippen LogP contribution in [0.4, 0.5) is 5.69 Å². The first-order valence-electron chi connectivity index (χ1n) is 7.50. The van der Waals surface area contributed by atoms with Crippen LogP contribution in [0.3, 0.4) is 0 Å². The average Bonchev–Trinajstić information content (AvgIpc) is 2.87. The van der Waals surface area contributed by atoms with Gasteiger partial charge in [-0.25, -0.2) is 8.42 Å². The predicted octanol–water partition coefficient (Wildman–Crippen LogP) is 2.60. The van der Waals surface area contributed by atoms with Gasteiger partial charge in [-0.15, -0.1) is 0 Å². The molecule has 0 saturated carbocycles. The number of ether oxygens (including phenoxy) is 1. The number of sulfone groups is 1. The summed E-state index contributed by atoms with van der Waals surface area (Å²) in [5, 5.41) is 10.2. The van der Waals surface area contributed by atoms with Crippen molar-refractivity contribution in [3.8, 4) is 5.75 Å². The Morgan fingerprint density at radius 1 is 1.04 bits per heavy atom. The van der Waals surface area contributed by atoms with Crippen LogP contribution in [0.15, 0.2) is 65.3 Å². The molecule has 130 valence electrons. The van der Waals surface area contributed by atoms with E-state index >= 15 is 0 Å². The van der Waals surface area contributed by atoms with E-state index in [4.69, 9.17) is 4.74 Å². The molecule has 0 unspecified atom stereocenters. The number of hydrogen-bond donors (Lipinski definition) is 1. The summed E-state index contributed by atoms with van der Waals surface area (Å²) in [5.41, 5.74) is 1.06. The van der Waals surface area contributed by atoms with Crippen molar-refractivity contribution in [2.24, 2.45) is 0 Å². The Hall–Kier alpha value is -2.80. The lowest BCUT2D eigenvalue weighted by atomic mass is 10.1. The van der Waals surface area contributed by atoms with Gasteiger partial charge in [0.15, 0.2) is 15.6 Å². The highest BCUT2D eigenvalue weighted by Gasteiger charge is 2.45. The first-order chi connectivity index (χ1) is 11.8. The summed E-state index contributed by atoms with van der Waals surface area (Å²) in [4.78, 5) is 13.6. The maximum absolute atomic E-state index is 12.6. The number of para-hydroxylation sites is 1. The normalized spacial score (nSPS) is 17.9. The standard InChI is InChI=1S/C18H17NO5S/c1-24-14-10-8-12(9-11-14)15-17(25(2,22)23)16(20)18(21)19(15)13-6-4-3-5-7-13/h3-11,15,20H,1-2H3/t15-/m1/s1. The van der Waals surface area contributed by atoms with Crippen molar-refractivity contribution < 1.29 is 23.1 Å². The Balaban J connectivity index is 2.20. The molecule has 1 aliphatic heterocycles. The van der Waals surface area contributed by atoms with Crippen LogP contribution in [-0.4, -0.2) is 32.8 Å². The van der Waals surface area contributed by atoms with E-state index in [0.29, 0.717) is 17.0 Å². The molecule has 0 saturated heterocycles. The maximum atomic E-state index is 12.6. The first-order valence-corrected chi connectivity index (χ1v) is 9.39. The van der Waals surface area contributed by atoms with Crippen LogP contribution < -0.4 is 9.64 Å². The number of anilines is 1. The van der Waals surface area contributed by atoms with Crippen LogP contribution in [0.1, 0.15) is 11.6 Å². The molecule has 1 heterocycles. The molecular formula is C18H17NO5S. The van der Waals surface area contributed by atoms with Crippen LogP contribution in [0, 0.1) is 0 Å². The number of nitrogens with zero attached hydrogens (tertiary/aromatic N) is 1. The largest absolute Gasteiger partial charge is 0.502 e. The smallest absolute Gasteiger partial charge is 0.295 e. The highest BCUT2D eigenvalue weighted by Crippen LogP contribution is 2.42. The van der Waals surface area contributed by atoms with Crippen molar-refractivity contribution in [2.75, 3.05) is 18.3 Å². The SMILES string of the molecule is COc1ccc([C@@H]2C(S(C)(=O)=O)=C(O)C(=O)N2c2ccccc2)cc1. The minimum atomic E-state index is -3.80. The molecule has 2 aromatic rings. The van der Waals surface area contributed by atoms with Gasteiger partial charge in [0, 0.05) is 11.9 Å². The second kappa shape index (κ2) is 6.25. The Morgan fingerprint density at radius 2 is 1.64 bits per heavy atom. The number of amides is 1. The molecule has 0 aromatic heterocycles. The lowest BCUT2D eigenvalue weighted by Crippen LogP contribution is -2.30. The molecule has 0 radical (unpaired) electrons. The number of methoxy groups -OCH3 is 1. The van der Waals surface area contributed by atoms with Crippen molar-refractivity contribution in [2.45, 2.75) is 6.04 Å². The predicted molar refractivity (Wildman–Crippen MR) is 94.2 cm³/mol. The summed E-state index contributed by atoms with van der Waals surface area (Å²) in [6, 6.07) is 14.4. The van der Waals surface area contributed by atoms with Crippen LogP contribution >= 0.6 is 0 Å². The number of aliphatic hydroxyl groups excluding tert-OH is 1. The van der Waals surface area contributed by atoms with Crippen LogP contribution in [0.5, 0.6) is 5.75 Å². The van der Waals surface area contributed by atoms with Crippen LogP contribution in [-0.2, 0) is 14.6 Å². The van der Waals surface area contributed by atoms with Crippen molar-refractivity contribution in [1.82, 2.24) is 0 Å². The molecule has 0 bridgehead atoms. The van der Waals surface area contributed by atoms with E-state index in [-0.39, 0.29) is 4.91 Å². The zero-order valence-corrected chi connectivity index (χ0v) is 14.5. The van der Waals surface area contributed by atoms with E-state index in [1.807, 2.05) is 0 Å². The number of carbonyl (C=O) groups is 1. The first kappa shape index (κ1) is 17.0. The fourth-order valence-corrected chi connectivity index (χ4v) is 3.99. The van der Waals surface area contributed by atoms with Crippen molar-refractivity contribution in [1.29, 1.82) is 0 Å². The topological polar surface area (TPSA) is 83.9 Å². The van der Waals surface area contributed by atoms with E-state index in [9.17, 15) is 18.3 Å². The average molecular weight is 359 g/mol. The second-order valence-corrected chi connectivity index (χ2v) is 7.66. The van der Waals surface area contributed by atoms with Crippen molar-refractivity contribution in [3.05, 3.63) is 70.8 Å². The zero-order chi connectivity index (χ0) is 18.2. The summed E-state index contributed by atoms with van der Waals surface area (Å²) in [6.07, 6.45) is 0.983. The van der Waals surface area contributed by atoms with Gasteiger partial charge in [0.2, 0.25) is 0 Å². The van der Waals surface area contributed by atoms with E-state index < -0.39 is 27.5 Å². The molecule has 7 heteroatoms. The number of benzene rings is 2. The number of rotatable bonds is 4. The van der Waals surface area contributed by atoms with Gasteiger partial charge in [0.05, 0.1) is 7.11 Å². The molecule has 1 N–H and O–H groups in total. The number of carbonyl (C=O) groups excluding carboxylic acids is 1. The van der Waals surface area contributed by atoms with E-state index in [0.717, 1.165) is 6.26 Å². The fourth-order valence-electron chi connectivity index (χ4n) is 2.90. The van der Waals surface area contributed by atoms with Gasteiger partial charge in [0.25, 0.3) is 5.91 Å². The molecule has 1 atom stereocenters. The molecule has 0 spiro atoms. The summed E-state index contributed by atoms with van der Waals surface area (Å²) in [5.74, 6) is -0.881. The quantitative estimate of drug-likeness (QED) is 0.907. The third-order valence-electron chi connectivity index (χ3n) is 4.03. The minimum absolute atomic E-state index is 0.300.